The molecule has 1 amide bonds. The van der Waals surface area contributed by atoms with E-state index in [9.17, 15) is 37.0 Å². The average molecular weight is 1410 g/mol. The smallest absolute Gasteiger partial charge is 0.410 e. The first-order chi connectivity index (χ1) is 48.9. The Labute approximate surface area is 604 Å². The van der Waals surface area contributed by atoms with Crippen LogP contribution in [0.3, 0.4) is 0 Å². The van der Waals surface area contributed by atoms with Gasteiger partial charge in [0, 0.05) is 36.2 Å². The molecule has 10 aromatic rings. The Morgan fingerprint density at radius 3 is 1.29 bits per heavy atom. The normalized spacial score (nSPS) is 12.4. The van der Waals surface area contributed by atoms with E-state index in [0.717, 1.165) is 52.4 Å². The van der Waals surface area contributed by atoms with E-state index in [2.05, 4.69) is 208 Å². The molecule has 3 heterocycles. The van der Waals surface area contributed by atoms with Gasteiger partial charge in [-0.05, 0) is 118 Å². The number of aromatic amines is 1. The van der Waals surface area contributed by atoms with Crippen LogP contribution >= 0.6 is 0 Å². The summed E-state index contributed by atoms with van der Waals surface area (Å²) < 4.78 is 67.2. The van der Waals surface area contributed by atoms with Gasteiger partial charge in [-0.3, -0.25) is 4.99 Å². The van der Waals surface area contributed by atoms with Crippen LogP contribution in [-0.4, -0.2) is 92.7 Å². The molecule has 9 aromatic carbocycles. The first-order valence-corrected chi connectivity index (χ1v) is 36.7. The fraction of sp³-hybridized carbons (Fsp3) is 0.314. The van der Waals surface area contributed by atoms with Crippen molar-refractivity contribution in [1.82, 2.24) is 14.9 Å². The lowest BCUT2D eigenvalue weighted by molar-refractivity contribution is -0.929. The minimum atomic E-state index is -2.33. The molecule has 540 valence electrons. The van der Waals surface area contributed by atoms with Crippen LogP contribution in [-0.2, 0) is 22.1 Å². The summed E-state index contributed by atoms with van der Waals surface area (Å²) in [5.41, 5.74) is 9.84. The molecule has 16 heteroatoms. The van der Waals surface area contributed by atoms with Crippen LogP contribution in [0.5, 0.6) is 5.75 Å². The number of ether oxygens (including phenoxy) is 1. The highest BCUT2D eigenvalue weighted by atomic mass is 32.2. The second-order valence-electron chi connectivity index (χ2n) is 25.6. The first kappa shape index (κ1) is 81.8. The largest absolute Gasteiger partial charge is 0.870 e. The molecule has 0 unspecified atom stereocenters. The van der Waals surface area contributed by atoms with E-state index < -0.39 is 40.4 Å². The van der Waals surface area contributed by atoms with Gasteiger partial charge in [-0.15, -0.1) is 0 Å². The Balaban J connectivity index is 0.000000194. The molecule has 102 heavy (non-hydrogen) atoms. The monoisotopic (exact) mass is 1410 g/mol. The molecule has 2 aliphatic heterocycles. The van der Waals surface area contributed by atoms with E-state index in [-0.39, 0.29) is 28.6 Å². The highest BCUT2D eigenvalue weighted by Gasteiger charge is 2.30. The van der Waals surface area contributed by atoms with Gasteiger partial charge in [0.15, 0.2) is 43.8 Å². The summed E-state index contributed by atoms with van der Waals surface area (Å²) in [6, 6.07) is 81.7. The van der Waals surface area contributed by atoms with Crippen molar-refractivity contribution >= 4 is 28.4 Å². The molecule has 1 aromatic heterocycles. The number of piperidine rings is 1. The minimum absolute atomic E-state index is 0. The minimum Gasteiger partial charge on any atom is -0.870 e. The Morgan fingerprint density at radius 2 is 0.892 bits per heavy atom. The van der Waals surface area contributed by atoms with Crippen molar-refractivity contribution in [2.45, 2.75) is 152 Å². The second kappa shape index (κ2) is 42.9. The fourth-order valence-corrected chi connectivity index (χ4v) is 13.5. The van der Waals surface area contributed by atoms with Gasteiger partial charge in [0.25, 0.3) is 0 Å². The number of aromatic nitrogens is 2. The number of hydrogen-bond acceptors (Lipinski definition) is 7. The van der Waals surface area contributed by atoms with Crippen molar-refractivity contribution in [3.05, 3.63) is 277 Å². The average Bonchev–Trinajstić information content (AvgIpc) is 1.38. The number of aliphatic imine (C=N–C) groups is 1. The van der Waals surface area contributed by atoms with E-state index in [4.69, 9.17) is 9.72 Å². The maximum absolute atomic E-state index is 12.1. The van der Waals surface area contributed by atoms with Crippen molar-refractivity contribution in [1.29, 1.82) is 0 Å². The molecule has 10 nitrogen and oxygen atoms in total. The van der Waals surface area contributed by atoms with Gasteiger partial charge in [-0.25, -0.2) is 31.7 Å². The Kier molecular flexibility index (Phi) is 34.4. The van der Waals surface area contributed by atoms with Crippen molar-refractivity contribution in [3.8, 4) is 39.7 Å². The topological polar surface area (TPSA) is 144 Å². The van der Waals surface area contributed by atoms with Gasteiger partial charge < -0.3 is 34.8 Å². The number of aliphatic hydroxyl groups excluding tert-OH is 1. The summed E-state index contributed by atoms with van der Waals surface area (Å²) in [5.74, 6) is -12.7. The number of benzene rings is 9. The molecule has 1 saturated heterocycles. The standard InChI is InChI=1S/C21H16N2.C18H15S.C16H36N.C14H11N.C11H21NO3.C6HF5O.H2O/c1-4-10-16(11-5-1)19-20(17-12-6-2-7-13-17)23-21(22-19)18-14-8-3-9-15-18;1-4-10-16(11-5-1)19(17-12-6-2-7-13-17)18-14-8-3-9-15-18;1-5-9-13-17(14-10-6-2,15-11-7-3)16-12-8-4;1-2-6-11(7-3-1)14-10-12-8-4-5-9-13(12)15-14;1-4-11(2,3)15-10(14)12-7-5-9(13)6-8-12;7-1-2(8)4(10)6(12)5(11)3(1)9;/h1-15H,(H,22,23);1-15H;5-16H2,1-4H3;1-9H,10H2;9,13H,4-8H2,1-3H3;12H;1H2/q;2*+1;;;;/p-2. The Morgan fingerprint density at radius 1 is 0.529 bits per heavy atom. The third-order valence-electron chi connectivity index (χ3n) is 17.6. The first-order valence-electron chi connectivity index (χ1n) is 35.5. The summed E-state index contributed by atoms with van der Waals surface area (Å²) in [6.45, 7) is 22.0. The molecule has 0 saturated carbocycles. The number of carbonyl (C=O) groups excluding carboxylic acids is 1. The van der Waals surface area contributed by atoms with Crippen LogP contribution in [0.15, 0.2) is 256 Å². The predicted octanol–water partition coefficient (Wildman–Crippen LogP) is 21.6. The van der Waals surface area contributed by atoms with Crippen molar-refractivity contribution in [2.24, 2.45) is 4.99 Å². The number of para-hydroxylation sites is 1. The molecule has 0 aliphatic carbocycles. The Hall–Kier alpha value is -9.19. The lowest BCUT2D eigenvalue weighted by Crippen LogP contribution is -2.50. The third-order valence-corrected chi connectivity index (χ3v) is 19.8. The lowest BCUT2D eigenvalue weighted by atomic mass is 10.0. The quantitative estimate of drug-likeness (QED) is 0.0241. The van der Waals surface area contributed by atoms with Gasteiger partial charge in [-0.2, -0.15) is 0 Å². The summed E-state index contributed by atoms with van der Waals surface area (Å²) in [6.07, 6.45) is 13.6. The molecule has 1 fully saturated rings. The zero-order valence-corrected chi connectivity index (χ0v) is 60.8. The number of amides is 1. The van der Waals surface area contributed by atoms with E-state index in [1.807, 2.05) is 87.5 Å². The van der Waals surface area contributed by atoms with Gasteiger partial charge in [0.2, 0.25) is 0 Å². The number of nitrogens with zero attached hydrogens (tertiary/aromatic N) is 4. The van der Waals surface area contributed by atoms with E-state index in [1.165, 1.54) is 114 Å². The highest BCUT2D eigenvalue weighted by molar-refractivity contribution is 7.97. The van der Waals surface area contributed by atoms with Crippen LogP contribution in [0, 0.1) is 29.1 Å². The number of carbonyl (C=O) groups is 1. The number of unbranched alkanes of at least 4 members (excludes halogenated alkanes) is 4. The molecule has 0 atom stereocenters. The molecular formula is C86H100F5N5O5S. The maximum Gasteiger partial charge on any atom is 0.410 e. The number of hydrogen-bond donors (Lipinski definition) is 2. The van der Waals surface area contributed by atoms with Crippen LogP contribution in [0.4, 0.5) is 32.4 Å². The van der Waals surface area contributed by atoms with E-state index in [1.54, 1.807) is 4.90 Å². The lowest BCUT2D eigenvalue weighted by Gasteiger charge is -2.39. The predicted molar refractivity (Wildman–Crippen MR) is 404 cm³/mol. The summed E-state index contributed by atoms with van der Waals surface area (Å²) >= 11 is 0. The zero-order valence-electron chi connectivity index (χ0n) is 60.0. The Bertz CT molecular complexity index is 3750. The van der Waals surface area contributed by atoms with Gasteiger partial charge in [0.05, 0.1) is 66.0 Å². The maximum atomic E-state index is 12.1. The van der Waals surface area contributed by atoms with Gasteiger partial charge in [0.1, 0.15) is 11.4 Å². The van der Waals surface area contributed by atoms with E-state index >= 15 is 0 Å². The van der Waals surface area contributed by atoms with Crippen molar-refractivity contribution in [2.75, 3.05) is 39.3 Å². The molecule has 0 radical (unpaired) electrons. The molecule has 0 spiro atoms. The zero-order chi connectivity index (χ0) is 72.4. The number of quaternary nitrogens is 1. The molecule has 3 N–H and O–H groups in total. The summed E-state index contributed by atoms with van der Waals surface area (Å²) in [7, 11) is -0.0146. The number of likely N-dealkylation sites (tertiary alicyclic amines) is 1. The summed E-state index contributed by atoms with van der Waals surface area (Å²) in [5, 5.41) is 19.5. The number of fused-ring (bicyclic) bond motifs is 1. The van der Waals surface area contributed by atoms with Crippen LogP contribution in [0.1, 0.15) is 130 Å². The number of H-pyrrole nitrogens is 1. The molecule has 2 aliphatic rings. The van der Waals surface area contributed by atoms with E-state index in [0.29, 0.717) is 25.9 Å². The number of nitrogens with one attached hydrogen (secondary N) is 1. The summed E-state index contributed by atoms with van der Waals surface area (Å²) in [4.78, 5) is 30.5. The molecule has 12 rings (SSSR count). The van der Waals surface area contributed by atoms with Crippen LogP contribution in [0.2, 0.25) is 0 Å². The van der Waals surface area contributed by atoms with Gasteiger partial charge >= 0.3 is 6.09 Å². The van der Waals surface area contributed by atoms with Crippen molar-refractivity contribution in [3.63, 3.8) is 0 Å². The molecular weight excluding hydrogens is 1310 g/mol. The number of imidazole rings is 1. The third kappa shape index (κ3) is 24.8. The second-order valence-corrected chi connectivity index (χ2v) is 27.7. The number of rotatable bonds is 21. The van der Waals surface area contributed by atoms with Crippen LogP contribution in [0.25, 0.3) is 33.9 Å². The number of halogens is 5. The fourth-order valence-electron chi connectivity index (χ4n) is 11.4. The highest BCUT2D eigenvalue weighted by Crippen LogP contribution is 2.35. The van der Waals surface area contributed by atoms with Crippen LogP contribution < -0.4 is 5.11 Å². The SMILES string of the molecule is CCC(C)(C)OC(=O)N1CCC(O)CC1.CCCC[N+](CCCC)(CCCC)CCCC.[O-]c1c(F)c(F)c(F)c(F)c1F.[OH-].c1ccc(-c2nc(-c3ccccc3)c(-c3ccccc3)[nH]2)cc1.c1ccc(C2=Nc3ccccc3C2)cc1.c1ccc([S+](c2ccccc2)c2ccccc2)cc1. The van der Waals surface area contributed by atoms with Gasteiger partial charge in [-0.1, -0.05) is 254 Å². The number of aliphatic hydroxyl groups is 1. The molecule has 0 bridgehead atoms. The van der Waals surface area contributed by atoms with Crippen molar-refractivity contribution < 1.29 is 51.7 Å².